The number of pyridine rings is 1. The van der Waals surface area contributed by atoms with Crippen LogP contribution in [0.5, 0.6) is 0 Å². The van der Waals surface area contributed by atoms with E-state index in [-0.39, 0.29) is 5.91 Å². The number of benzene rings is 1. The maximum absolute atomic E-state index is 12.3. The smallest absolute Gasteiger partial charge is 0.238 e. The molecule has 0 atom stereocenters. The van der Waals surface area contributed by atoms with Crippen LogP contribution in [0, 0.1) is 0 Å². The van der Waals surface area contributed by atoms with Gasteiger partial charge in [0.15, 0.2) is 0 Å². The van der Waals surface area contributed by atoms with Crippen molar-refractivity contribution in [2.75, 3.05) is 25.0 Å². The third kappa shape index (κ3) is 7.28. The Kier molecular flexibility index (Phi) is 8.49. The van der Waals surface area contributed by atoms with Crippen LogP contribution in [-0.4, -0.2) is 35.4 Å². The first-order valence-corrected chi connectivity index (χ1v) is 9.84. The van der Waals surface area contributed by atoms with Gasteiger partial charge in [-0.15, -0.1) is 11.8 Å². The minimum Gasteiger partial charge on any atom is -0.325 e. The summed E-state index contributed by atoms with van der Waals surface area (Å²) in [6.45, 7) is 6.66. The number of amides is 1. The van der Waals surface area contributed by atoms with Crippen molar-refractivity contribution < 1.29 is 4.79 Å². The number of nitrogens with one attached hydrogen (secondary N) is 1. The van der Waals surface area contributed by atoms with Crippen LogP contribution in [-0.2, 0) is 10.5 Å². The molecule has 0 saturated carbocycles. The van der Waals surface area contributed by atoms with Crippen LogP contribution in [0.15, 0.2) is 53.7 Å². The fourth-order valence-corrected chi connectivity index (χ4v) is 3.44. The molecule has 1 N–H and O–H groups in total. The molecule has 1 aromatic carbocycles. The quantitative estimate of drug-likeness (QED) is 0.639. The summed E-state index contributed by atoms with van der Waals surface area (Å²) < 4.78 is 0. The zero-order valence-corrected chi connectivity index (χ0v) is 15.9. The number of rotatable bonds is 10. The lowest BCUT2D eigenvalue weighted by molar-refractivity contribution is -0.117. The van der Waals surface area contributed by atoms with Crippen molar-refractivity contribution in [3.63, 3.8) is 0 Å². The molecule has 2 aromatic rings. The Balaban J connectivity index is 1.88. The SMILES string of the molecule is CCCN(CCC)CC(=O)Nc1cccc(CSc2ccccn2)c1. The van der Waals surface area contributed by atoms with E-state index in [0.29, 0.717) is 6.54 Å². The van der Waals surface area contributed by atoms with Crippen LogP contribution in [0.3, 0.4) is 0 Å². The molecule has 0 spiro atoms. The van der Waals surface area contributed by atoms with Gasteiger partial charge in [0.05, 0.1) is 11.6 Å². The minimum absolute atomic E-state index is 0.0522. The molecule has 0 bridgehead atoms. The summed E-state index contributed by atoms with van der Waals surface area (Å²) in [4.78, 5) is 18.8. The number of anilines is 1. The lowest BCUT2D eigenvalue weighted by atomic mass is 10.2. The summed E-state index contributed by atoms with van der Waals surface area (Å²) in [5.41, 5.74) is 2.03. The standard InChI is InChI=1S/C20H27N3OS/c1-3-12-23(13-4-2)15-19(24)22-18-9-7-8-17(14-18)16-25-20-10-5-6-11-21-20/h5-11,14H,3-4,12-13,15-16H2,1-2H3,(H,22,24). The Bertz CT molecular complexity index is 642. The van der Waals surface area contributed by atoms with Gasteiger partial charge in [0.2, 0.25) is 5.91 Å². The molecule has 0 unspecified atom stereocenters. The third-order valence-corrected chi connectivity index (χ3v) is 4.70. The first-order valence-electron chi connectivity index (χ1n) is 8.86. The maximum atomic E-state index is 12.3. The molecule has 4 nitrogen and oxygen atoms in total. The van der Waals surface area contributed by atoms with E-state index in [4.69, 9.17) is 0 Å². The molecule has 1 heterocycles. The number of hydrogen-bond donors (Lipinski definition) is 1. The van der Waals surface area contributed by atoms with Crippen molar-refractivity contribution in [1.29, 1.82) is 0 Å². The molecule has 0 aliphatic heterocycles. The lowest BCUT2D eigenvalue weighted by Gasteiger charge is -2.20. The average Bonchev–Trinajstić information content (AvgIpc) is 2.61. The molecule has 0 saturated heterocycles. The van der Waals surface area contributed by atoms with Crippen LogP contribution in [0.25, 0.3) is 0 Å². The zero-order valence-electron chi connectivity index (χ0n) is 15.1. The summed E-state index contributed by atoms with van der Waals surface area (Å²) in [5.74, 6) is 0.884. The summed E-state index contributed by atoms with van der Waals surface area (Å²) >= 11 is 1.69. The van der Waals surface area contributed by atoms with E-state index in [1.807, 2.05) is 36.4 Å². The monoisotopic (exact) mass is 357 g/mol. The van der Waals surface area contributed by atoms with Crippen LogP contribution < -0.4 is 5.32 Å². The highest BCUT2D eigenvalue weighted by Gasteiger charge is 2.09. The van der Waals surface area contributed by atoms with Gasteiger partial charge >= 0.3 is 0 Å². The molecular weight excluding hydrogens is 330 g/mol. The highest BCUT2D eigenvalue weighted by Crippen LogP contribution is 2.22. The summed E-state index contributed by atoms with van der Waals surface area (Å²) in [6.07, 6.45) is 3.93. The molecule has 0 aliphatic carbocycles. The van der Waals surface area contributed by atoms with Crippen LogP contribution >= 0.6 is 11.8 Å². The highest BCUT2D eigenvalue weighted by atomic mass is 32.2. The predicted molar refractivity (Wildman–Crippen MR) is 106 cm³/mol. The van der Waals surface area contributed by atoms with Gasteiger partial charge < -0.3 is 5.32 Å². The van der Waals surface area contributed by atoms with Gasteiger partial charge in [-0.1, -0.05) is 32.0 Å². The predicted octanol–water partition coefficient (Wildman–Crippen LogP) is 4.43. The van der Waals surface area contributed by atoms with Gasteiger partial charge in [0.25, 0.3) is 0 Å². The van der Waals surface area contributed by atoms with Gasteiger partial charge in [-0.05, 0) is 55.8 Å². The van der Waals surface area contributed by atoms with Gasteiger partial charge in [-0.3, -0.25) is 9.69 Å². The fourth-order valence-electron chi connectivity index (χ4n) is 2.63. The van der Waals surface area contributed by atoms with Crippen molar-refractivity contribution in [2.45, 2.75) is 37.5 Å². The third-order valence-electron chi connectivity index (χ3n) is 3.68. The highest BCUT2D eigenvalue weighted by molar-refractivity contribution is 7.98. The van der Waals surface area contributed by atoms with Gasteiger partial charge in [-0.2, -0.15) is 0 Å². The van der Waals surface area contributed by atoms with Gasteiger partial charge in [-0.25, -0.2) is 4.98 Å². The molecule has 0 aliphatic rings. The number of thioether (sulfide) groups is 1. The Morgan fingerprint density at radius 3 is 2.60 bits per heavy atom. The number of nitrogens with zero attached hydrogens (tertiary/aromatic N) is 2. The first kappa shape index (κ1) is 19.5. The molecule has 0 radical (unpaired) electrons. The second kappa shape index (κ2) is 10.9. The van der Waals surface area contributed by atoms with Crippen LogP contribution in [0.1, 0.15) is 32.3 Å². The van der Waals surface area contributed by atoms with E-state index in [1.165, 1.54) is 5.56 Å². The molecule has 0 fully saturated rings. The molecule has 2 rings (SSSR count). The molecule has 25 heavy (non-hydrogen) atoms. The molecule has 5 heteroatoms. The van der Waals surface area contributed by atoms with Crippen molar-refractivity contribution >= 4 is 23.4 Å². The Morgan fingerprint density at radius 2 is 1.92 bits per heavy atom. The van der Waals surface area contributed by atoms with Crippen molar-refractivity contribution in [3.05, 3.63) is 54.2 Å². The molecule has 1 amide bonds. The second-order valence-corrected chi connectivity index (χ2v) is 6.98. The lowest BCUT2D eigenvalue weighted by Crippen LogP contribution is -2.34. The van der Waals surface area contributed by atoms with Gasteiger partial charge in [0.1, 0.15) is 0 Å². The Labute approximate surface area is 155 Å². The van der Waals surface area contributed by atoms with E-state index in [0.717, 1.165) is 42.4 Å². The normalized spacial score (nSPS) is 10.8. The van der Waals surface area contributed by atoms with Crippen molar-refractivity contribution in [3.8, 4) is 0 Å². The zero-order chi connectivity index (χ0) is 17.9. The van der Waals surface area contributed by atoms with Crippen LogP contribution in [0.2, 0.25) is 0 Å². The summed E-state index contributed by atoms with van der Waals surface area (Å²) in [6, 6.07) is 14.0. The van der Waals surface area contributed by atoms with Crippen LogP contribution in [0.4, 0.5) is 5.69 Å². The van der Waals surface area contributed by atoms with E-state index >= 15 is 0 Å². The molecular formula is C20H27N3OS. The topological polar surface area (TPSA) is 45.2 Å². The van der Waals surface area contributed by atoms with E-state index in [2.05, 4.69) is 35.1 Å². The Hall–Kier alpha value is -1.85. The fraction of sp³-hybridized carbons (Fsp3) is 0.400. The average molecular weight is 358 g/mol. The maximum Gasteiger partial charge on any atom is 0.238 e. The Morgan fingerprint density at radius 1 is 1.12 bits per heavy atom. The molecule has 1 aromatic heterocycles. The molecule has 134 valence electrons. The van der Waals surface area contributed by atoms with Gasteiger partial charge in [0, 0.05) is 17.6 Å². The van der Waals surface area contributed by atoms with Crippen molar-refractivity contribution in [2.24, 2.45) is 0 Å². The number of hydrogen-bond acceptors (Lipinski definition) is 4. The number of carbonyl (C=O) groups is 1. The number of aromatic nitrogens is 1. The summed E-state index contributed by atoms with van der Waals surface area (Å²) in [7, 11) is 0. The summed E-state index contributed by atoms with van der Waals surface area (Å²) in [5, 5.41) is 4.03. The largest absolute Gasteiger partial charge is 0.325 e. The second-order valence-electron chi connectivity index (χ2n) is 5.98. The van der Waals surface area contributed by atoms with E-state index in [1.54, 1.807) is 18.0 Å². The minimum atomic E-state index is 0.0522. The first-order chi connectivity index (χ1) is 12.2. The van der Waals surface area contributed by atoms with E-state index in [9.17, 15) is 4.79 Å². The van der Waals surface area contributed by atoms with E-state index < -0.39 is 0 Å². The van der Waals surface area contributed by atoms with Crippen molar-refractivity contribution in [1.82, 2.24) is 9.88 Å². The number of carbonyl (C=O) groups excluding carboxylic acids is 1.